The van der Waals surface area contributed by atoms with E-state index in [-0.39, 0.29) is 5.56 Å². The summed E-state index contributed by atoms with van der Waals surface area (Å²) in [6, 6.07) is 2.76. The summed E-state index contributed by atoms with van der Waals surface area (Å²) in [5.41, 5.74) is -1.43. The zero-order chi connectivity index (χ0) is 10.9. The van der Waals surface area contributed by atoms with Crippen molar-refractivity contribution in [2.24, 2.45) is 0 Å². The molecular weight excluding hydrogens is 197 g/mol. The van der Waals surface area contributed by atoms with Crippen molar-refractivity contribution in [3.8, 4) is 0 Å². The van der Waals surface area contributed by atoms with Crippen LogP contribution in [0, 0.1) is 6.92 Å². The van der Waals surface area contributed by atoms with Crippen LogP contribution in [-0.2, 0) is 6.18 Å². The van der Waals surface area contributed by atoms with Crippen LogP contribution < -0.4 is 5.11 Å². The molecular formula is C9H6F3O2-. The van der Waals surface area contributed by atoms with E-state index in [0.29, 0.717) is 6.07 Å². The molecule has 0 heterocycles. The van der Waals surface area contributed by atoms with Gasteiger partial charge < -0.3 is 9.90 Å². The van der Waals surface area contributed by atoms with Crippen LogP contribution in [0.5, 0.6) is 0 Å². The molecule has 0 unspecified atom stereocenters. The molecule has 5 heteroatoms. The molecule has 0 aliphatic carbocycles. The number of carboxylic acids is 1. The molecule has 0 N–H and O–H groups in total. The zero-order valence-electron chi connectivity index (χ0n) is 7.18. The van der Waals surface area contributed by atoms with Gasteiger partial charge in [0.1, 0.15) is 0 Å². The van der Waals surface area contributed by atoms with E-state index in [1.54, 1.807) is 0 Å². The third-order valence-corrected chi connectivity index (χ3v) is 1.78. The van der Waals surface area contributed by atoms with Crippen molar-refractivity contribution >= 4 is 5.97 Å². The Balaban J connectivity index is 3.29. The Bertz CT molecular complexity index is 369. The number of carbonyl (C=O) groups excluding carboxylic acids is 1. The Morgan fingerprint density at radius 3 is 2.36 bits per heavy atom. The number of hydrogen-bond acceptors (Lipinski definition) is 2. The summed E-state index contributed by atoms with van der Waals surface area (Å²) in [5.74, 6) is -1.62. The normalized spacial score (nSPS) is 11.4. The minimum Gasteiger partial charge on any atom is -0.545 e. The largest absolute Gasteiger partial charge is 0.545 e. The van der Waals surface area contributed by atoms with Gasteiger partial charge in [0.25, 0.3) is 0 Å². The van der Waals surface area contributed by atoms with Gasteiger partial charge >= 0.3 is 6.18 Å². The van der Waals surface area contributed by atoms with Crippen LogP contribution in [0.15, 0.2) is 18.2 Å². The maximum atomic E-state index is 12.3. The molecule has 14 heavy (non-hydrogen) atoms. The summed E-state index contributed by atoms with van der Waals surface area (Å²) < 4.78 is 36.8. The maximum Gasteiger partial charge on any atom is 0.416 e. The summed E-state index contributed by atoms with van der Waals surface area (Å²) in [7, 11) is 0. The second kappa shape index (κ2) is 3.32. The maximum absolute atomic E-state index is 12.3. The lowest BCUT2D eigenvalue weighted by atomic mass is 10.0. The molecule has 2 nitrogen and oxygen atoms in total. The lowest BCUT2D eigenvalue weighted by molar-refractivity contribution is -0.255. The molecule has 0 radical (unpaired) electrons. The molecule has 0 aliphatic rings. The second-order valence-corrected chi connectivity index (χ2v) is 2.81. The van der Waals surface area contributed by atoms with E-state index < -0.39 is 23.3 Å². The van der Waals surface area contributed by atoms with E-state index in [4.69, 9.17) is 0 Å². The standard InChI is InChI=1S/C9H7F3O2/c1-5-2-3-6(8(13)14)4-7(5)9(10,11)12/h2-4H,1H3,(H,13,14)/p-1. The molecule has 0 aromatic heterocycles. The molecule has 0 fully saturated rings. The molecule has 1 rings (SSSR count). The highest BCUT2D eigenvalue weighted by Crippen LogP contribution is 2.32. The molecule has 0 amide bonds. The Labute approximate surface area is 78.0 Å². The summed E-state index contributed by atoms with van der Waals surface area (Å²) in [6.07, 6.45) is -4.53. The molecule has 0 saturated heterocycles. The van der Waals surface area contributed by atoms with Crippen LogP contribution in [0.25, 0.3) is 0 Å². The fourth-order valence-electron chi connectivity index (χ4n) is 1.05. The average Bonchev–Trinajstić information content (AvgIpc) is 2.02. The van der Waals surface area contributed by atoms with Gasteiger partial charge in [-0.3, -0.25) is 0 Å². The topological polar surface area (TPSA) is 40.1 Å². The molecule has 1 aromatic rings. The summed E-state index contributed by atoms with van der Waals surface area (Å²) in [6.45, 7) is 1.27. The van der Waals surface area contributed by atoms with Crippen LogP contribution in [0.4, 0.5) is 13.2 Å². The van der Waals surface area contributed by atoms with Gasteiger partial charge in [-0.25, -0.2) is 0 Å². The third kappa shape index (κ3) is 2.04. The first-order valence-corrected chi connectivity index (χ1v) is 3.71. The number of alkyl halides is 3. The average molecular weight is 203 g/mol. The van der Waals surface area contributed by atoms with E-state index >= 15 is 0 Å². The van der Waals surface area contributed by atoms with Crippen molar-refractivity contribution in [1.29, 1.82) is 0 Å². The van der Waals surface area contributed by atoms with Crippen molar-refractivity contribution in [1.82, 2.24) is 0 Å². The van der Waals surface area contributed by atoms with Gasteiger partial charge in [0.15, 0.2) is 0 Å². The van der Waals surface area contributed by atoms with Crippen LogP contribution >= 0.6 is 0 Å². The molecule has 0 saturated carbocycles. The Kier molecular flexibility index (Phi) is 2.51. The van der Waals surface area contributed by atoms with Gasteiger partial charge in [-0.2, -0.15) is 13.2 Å². The Morgan fingerprint density at radius 2 is 1.93 bits per heavy atom. The highest BCUT2D eigenvalue weighted by Gasteiger charge is 2.32. The minimum absolute atomic E-state index is 0.0116. The number of hydrogen-bond donors (Lipinski definition) is 0. The van der Waals surface area contributed by atoms with Crippen LogP contribution in [0.1, 0.15) is 21.5 Å². The van der Waals surface area contributed by atoms with E-state index in [1.807, 2.05) is 0 Å². The zero-order valence-corrected chi connectivity index (χ0v) is 7.18. The summed E-state index contributed by atoms with van der Waals surface area (Å²) >= 11 is 0. The first kappa shape index (κ1) is 10.6. The van der Waals surface area contributed by atoms with Crippen LogP contribution in [0.2, 0.25) is 0 Å². The van der Waals surface area contributed by atoms with E-state index in [2.05, 4.69) is 0 Å². The smallest absolute Gasteiger partial charge is 0.416 e. The first-order chi connectivity index (χ1) is 6.32. The number of aryl methyl sites for hydroxylation is 1. The third-order valence-electron chi connectivity index (χ3n) is 1.78. The van der Waals surface area contributed by atoms with Gasteiger partial charge in [-0.05, 0) is 24.1 Å². The number of carboxylic acid groups (broad SMARTS) is 1. The fraction of sp³-hybridized carbons (Fsp3) is 0.222. The van der Waals surface area contributed by atoms with Gasteiger partial charge in [-0.1, -0.05) is 12.1 Å². The number of rotatable bonds is 1. The van der Waals surface area contributed by atoms with Gasteiger partial charge in [0, 0.05) is 0 Å². The van der Waals surface area contributed by atoms with Crippen LogP contribution in [0.3, 0.4) is 0 Å². The van der Waals surface area contributed by atoms with E-state index in [1.165, 1.54) is 6.92 Å². The van der Waals surface area contributed by atoms with Gasteiger partial charge in [0.05, 0.1) is 11.5 Å². The monoisotopic (exact) mass is 203 g/mol. The van der Waals surface area contributed by atoms with Gasteiger partial charge in [-0.15, -0.1) is 0 Å². The van der Waals surface area contributed by atoms with Crippen molar-refractivity contribution in [3.05, 3.63) is 34.9 Å². The Morgan fingerprint density at radius 1 is 1.36 bits per heavy atom. The highest BCUT2D eigenvalue weighted by molar-refractivity contribution is 5.86. The van der Waals surface area contributed by atoms with Crippen molar-refractivity contribution in [3.63, 3.8) is 0 Å². The molecule has 76 valence electrons. The predicted octanol–water partition coefficient (Wildman–Crippen LogP) is 1.38. The van der Waals surface area contributed by atoms with E-state index in [9.17, 15) is 23.1 Å². The van der Waals surface area contributed by atoms with Crippen LogP contribution in [-0.4, -0.2) is 5.97 Å². The second-order valence-electron chi connectivity index (χ2n) is 2.81. The number of benzene rings is 1. The summed E-state index contributed by atoms with van der Waals surface area (Å²) in [5, 5.41) is 10.3. The number of halogens is 3. The summed E-state index contributed by atoms with van der Waals surface area (Å²) in [4.78, 5) is 10.3. The Hall–Kier alpha value is -1.52. The van der Waals surface area contributed by atoms with Gasteiger partial charge in [0.2, 0.25) is 0 Å². The molecule has 0 atom stereocenters. The van der Waals surface area contributed by atoms with E-state index in [0.717, 1.165) is 12.1 Å². The predicted molar refractivity (Wildman–Crippen MR) is 40.5 cm³/mol. The number of aromatic carboxylic acids is 1. The fourth-order valence-corrected chi connectivity index (χ4v) is 1.05. The quantitative estimate of drug-likeness (QED) is 0.691. The lowest BCUT2D eigenvalue weighted by Crippen LogP contribution is -2.23. The van der Waals surface area contributed by atoms with Crippen molar-refractivity contribution < 1.29 is 23.1 Å². The molecule has 0 aliphatic heterocycles. The molecule has 0 spiro atoms. The van der Waals surface area contributed by atoms with Crippen molar-refractivity contribution in [2.75, 3.05) is 0 Å². The lowest BCUT2D eigenvalue weighted by Gasteiger charge is -2.12. The molecule has 0 bridgehead atoms. The number of carbonyl (C=O) groups is 1. The molecule has 1 aromatic carbocycles. The SMILES string of the molecule is Cc1ccc(C(=O)[O-])cc1C(F)(F)F. The highest BCUT2D eigenvalue weighted by atomic mass is 19.4. The minimum atomic E-state index is -4.53. The first-order valence-electron chi connectivity index (χ1n) is 3.71. The van der Waals surface area contributed by atoms with Crippen molar-refractivity contribution in [2.45, 2.75) is 13.1 Å².